The fourth-order valence-corrected chi connectivity index (χ4v) is 1.72. The minimum Gasteiger partial charge on any atom is -0.493 e. The Bertz CT molecular complexity index is 538. The molecule has 0 aliphatic carbocycles. The molecule has 20 heavy (non-hydrogen) atoms. The number of nitriles is 1. The zero-order valence-electron chi connectivity index (χ0n) is 10.8. The molecule has 4 nitrogen and oxygen atoms in total. The van der Waals surface area contributed by atoms with E-state index in [4.69, 9.17) is 10.00 Å². The van der Waals surface area contributed by atoms with Crippen LogP contribution < -0.4 is 10.1 Å². The lowest BCUT2D eigenvalue weighted by Crippen LogP contribution is -2.12. The third kappa shape index (κ3) is 4.35. The molecule has 0 atom stereocenters. The van der Waals surface area contributed by atoms with Crippen LogP contribution in [0.25, 0.3) is 0 Å². The Balaban J connectivity index is 3.22. The third-order valence-electron chi connectivity index (χ3n) is 2.16. The normalized spacial score (nSPS) is 11.9. The van der Waals surface area contributed by atoms with Gasteiger partial charge in [-0.15, -0.1) is 0 Å². The Hall–Kier alpha value is -1.88. The summed E-state index contributed by atoms with van der Waals surface area (Å²) in [5, 5.41) is 11.0. The monoisotopic (exact) mass is 303 g/mol. The summed E-state index contributed by atoms with van der Waals surface area (Å²) in [6.45, 7) is 1.74. The van der Waals surface area contributed by atoms with Crippen molar-refractivity contribution < 1.29 is 17.9 Å². The molecule has 108 valence electrons. The van der Waals surface area contributed by atoms with Gasteiger partial charge in [-0.2, -0.15) is 18.4 Å². The molecule has 0 unspecified atom stereocenters. The van der Waals surface area contributed by atoms with Crippen LogP contribution in [0.3, 0.4) is 0 Å². The van der Waals surface area contributed by atoms with Gasteiger partial charge in [-0.05, 0) is 31.4 Å². The highest BCUT2D eigenvalue weighted by Crippen LogP contribution is 2.38. The van der Waals surface area contributed by atoms with E-state index in [9.17, 15) is 13.2 Å². The molecule has 0 bridgehead atoms. The zero-order valence-corrected chi connectivity index (χ0v) is 11.6. The molecule has 0 radical (unpaired) electrons. The Morgan fingerprint density at radius 1 is 1.50 bits per heavy atom. The Morgan fingerprint density at radius 3 is 2.70 bits per heavy atom. The van der Waals surface area contributed by atoms with Crippen LogP contribution in [0, 0.1) is 11.5 Å². The molecule has 0 aliphatic heterocycles. The first-order chi connectivity index (χ1) is 9.42. The van der Waals surface area contributed by atoms with Gasteiger partial charge in [-0.25, -0.2) is 4.99 Å². The largest absolute Gasteiger partial charge is 0.493 e. The summed E-state index contributed by atoms with van der Waals surface area (Å²) in [5.41, 5.74) is -0.800. The van der Waals surface area contributed by atoms with E-state index in [1.807, 2.05) is 0 Å². The second-order valence-electron chi connectivity index (χ2n) is 3.47. The quantitative estimate of drug-likeness (QED) is 0.402. The first-order valence-corrected chi connectivity index (χ1v) is 6.76. The highest BCUT2D eigenvalue weighted by Gasteiger charge is 2.34. The zero-order chi connectivity index (χ0) is 15.2. The van der Waals surface area contributed by atoms with E-state index in [2.05, 4.69) is 10.3 Å². The van der Waals surface area contributed by atoms with Crippen molar-refractivity contribution in [1.29, 1.82) is 5.26 Å². The number of nitrogens with one attached hydrogen (secondary N) is 1. The minimum atomic E-state index is -4.53. The van der Waals surface area contributed by atoms with Gasteiger partial charge in [0.1, 0.15) is 5.75 Å². The average molecular weight is 303 g/mol. The molecule has 0 spiro atoms. The van der Waals surface area contributed by atoms with Crippen LogP contribution >= 0.6 is 11.8 Å². The van der Waals surface area contributed by atoms with E-state index in [-0.39, 0.29) is 23.2 Å². The van der Waals surface area contributed by atoms with Gasteiger partial charge in [0, 0.05) is 0 Å². The van der Waals surface area contributed by atoms with Crippen molar-refractivity contribution in [3.8, 4) is 11.9 Å². The summed E-state index contributed by atoms with van der Waals surface area (Å²) in [6.07, 6.45) is -1.21. The van der Waals surface area contributed by atoms with Crippen LogP contribution in [-0.4, -0.2) is 18.0 Å². The topological polar surface area (TPSA) is 57.4 Å². The van der Waals surface area contributed by atoms with E-state index >= 15 is 0 Å². The molecule has 0 saturated heterocycles. The number of alkyl halides is 3. The number of rotatable bonds is 3. The molecule has 1 rings (SSSR count). The summed E-state index contributed by atoms with van der Waals surface area (Å²) in [5.74, 6) is -0.238. The maximum Gasteiger partial charge on any atom is 0.420 e. The predicted octanol–water partition coefficient (Wildman–Crippen LogP) is 3.53. The van der Waals surface area contributed by atoms with E-state index in [1.165, 1.54) is 12.1 Å². The molecule has 1 aromatic rings. The number of amidine groups is 1. The summed E-state index contributed by atoms with van der Waals surface area (Å²) in [4.78, 5) is 3.93. The molecule has 8 heteroatoms. The van der Waals surface area contributed by atoms with E-state index in [1.54, 1.807) is 19.4 Å². The van der Waals surface area contributed by atoms with E-state index < -0.39 is 11.7 Å². The lowest BCUT2D eigenvalue weighted by atomic mass is 10.1. The van der Waals surface area contributed by atoms with E-state index in [0.29, 0.717) is 0 Å². The van der Waals surface area contributed by atoms with Crippen LogP contribution in [0.1, 0.15) is 12.5 Å². The van der Waals surface area contributed by atoms with E-state index in [0.717, 1.165) is 17.8 Å². The van der Waals surface area contributed by atoms with Gasteiger partial charge < -0.3 is 4.74 Å². The maximum absolute atomic E-state index is 12.9. The fourth-order valence-electron chi connectivity index (χ4n) is 1.38. The molecule has 0 aromatic heterocycles. The second kappa shape index (κ2) is 7.05. The van der Waals surface area contributed by atoms with Crippen molar-refractivity contribution in [3.05, 3.63) is 23.8 Å². The second-order valence-corrected chi connectivity index (χ2v) is 4.26. The fraction of sp³-hybridized carbons (Fsp3) is 0.333. The summed E-state index contributed by atoms with van der Waals surface area (Å²) >= 11 is 1.12. The standard InChI is InChI=1S/C12H12F3N3OS/c1-3-19-10-5-4-8(6-9(10)12(13,14)15)18-11(20-2)17-7-16/h4-6H,3H2,1-2H3,(H,17,18). The van der Waals surface area contributed by atoms with Crippen molar-refractivity contribution in [3.63, 3.8) is 0 Å². The van der Waals surface area contributed by atoms with Crippen molar-refractivity contribution in [2.24, 2.45) is 4.99 Å². The summed E-state index contributed by atoms with van der Waals surface area (Å²) < 4.78 is 43.7. The minimum absolute atomic E-state index is 0.0906. The SMILES string of the molecule is CCOc1ccc(N=C(NC#N)SC)cc1C(F)(F)F. The number of thioether (sulfide) groups is 1. The number of benzene rings is 1. The molecule has 1 N–H and O–H groups in total. The highest BCUT2D eigenvalue weighted by atomic mass is 32.2. The average Bonchev–Trinajstić information content (AvgIpc) is 2.39. The smallest absolute Gasteiger partial charge is 0.420 e. The van der Waals surface area contributed by atoms with Crippen LogP contribution in [0.5, 0.6) is 5.75 Å². The van der Waals surface area contributed by atoms with Crippen LogP contribution in [0.15, 0.2) is 23.2 Å². The molecular weight excluding hydrogens is 291 g/mol. The summed E-state index contributed by atoms with van der Waals surface area (Å²) in [7, 11) is 0. The lowest BCUT2D eigenvalue weighted by molar-refractivity contribution is -0.138. The summed E-state index contributed by atoms with van der Waals surface area (Å²) in [6, 6.07) is 3.51. The molecule has 1 aromatic carbocycles. The van der Waals surface area contributed by atoms with Gasteiger partial charge in [-0.3, -0.25) is 5.32 Å². The Labute approximate surface area is 118 Å². The maximum atomic E-state index is 12.9. The third-order valence-corrected chi connectivity index (χ3v) is 2.74. The number of ether oxygens (including phenoxy) is 1. The molecule has 0 amide bonds. The van der Waals surface area contributed by atoms with Gasteiger partial charge in [0.2, 0.25) is 0 Å². The Morgan fingerprint density at radius 2 is 2.20 bits per heavy atom. The van der Waals surface area contributed by atoms with Crippen molar-refractivity contribution in [1.82, 2.24) is 5.32 Å². The molecule has 0 saturated carbocycles. The molecule has 0 heterocycles. The van der Waals surface area contributed by atoms with Crippen molar-refractivity contribution >= 4 is 22.6 Å². The van der Waals surface area contributed by atoms with Crippen LogP contribution in [0.4, 0.5) is 18.9 Å². The molecular formula is C12H12F3N3OS. The number of hydrogen-bond acceptors (Lipinski definition) is 4. The van der Waals surface area contributed by atoms with Gasteiger partial charge in [0.05, 0.1) is 17.9 Å². The highest BCUT2D eigenvalue weighted by molar-refractivity contribution is 8.13. The van der Waals surface area contributed by atoms with Crippen LogP contribution in [-0.2, 0) is 6.18 Å². The predicted molar refractivity (Wildman–Crippen MR) is 72.0 cm³/mol. The Kier molecular flexibility index (Phi) is 5.70. The molecule has 0 aliphatic rings. The van der Waals surface area contributed by atoms with Crippen molar-refractivity contribution in [2.45, 2.75) is 13.1 Å². The number of aliphatic imine (C=N–C) groups is 1. The first-order valence-electron chi connectivity index (χ1n) is 5.54. The van der Waals surface area contributed by atoms with Gasteiger partial charge in [0.15, 0.2) is 11.4 Å². The van der Waals surface area contributed by atoms with Gasteiger partial charge in [0.25, 0.3) is 0 Å². The molecule has 0 fully saturated rings. The number of halogens is 3. The van der Waals surface area contributed by atoms with Crippen molar-refractivity contribution in [2.75, 3.05) is 12.9 Å². The first kappa shape index (κ1) is 16.2. The van der Waals surface area contributed by atoms with Gasteiger partial charge >= 0.3 is 6.18 Å². The van der Waals surface area contributed by atoms with Crippen LogP contribution in [0.2, 0.25) is 0 Å². The number of nitrogens with zero attached hydrogens (tertiary/aromatic N) is 2. The number of hydrogen-bond donors (Lipinski definition) is 1. The van der Waals surface area contributed by atoms with Gasteiger partial charge in [-0.1, -0.05) is 11.8 Å². The lowest BCUT2D eigenvalue weighted by Gasteiger charge is -2.13.